The molecule has 2 aliphatic rings. The number of hydrogen-bond acceptors (Lipinski definition) is 6. The van der Waals surface area contributed by atoms with Crippen LogP contribution in [-0.4, -0.2) is 31.3 Å². The molecule has 19 heavy (non-hydrogen) atoms. The van der Waals surface area contributed by atoms with Crippen LogP contribution in [0.5, 0.6) is 0 Å². The van der Waals surface area contributed by atoms with Crippen LogP contribution in [-0.2, 0) is 0 Å². The molecule has 0 heterocycles. The van der Waals surface area contributed by atoms with Gasteiger partial charge in [0.25, 0.3) is 0 Å². The number of hydrogen-bond donors (Lipinski definition) is 5. The first-order valence-electron chi connectivity index (χ1n) is 7.29. The van der Waals surface area contributed by atoms with E-state index in [-0.39, 0.29) is 0 Å². The molecule has 3 unspecified atom stereocenters. The molecule has 110 valence electrons. The van der Waals surface area contributed by atoms with Gasteiger partial charge in [0, 0.05) is 31.2 Å². The van der Waals surface area contributed by atoms with Gasteiger partial charge in [0.1, 0.15) is 0 Å². The molecule has 0 saturated heterocycles. The Bertz CT molecular complexity index is 329. The van der Waals surface area contributed by atoms with Gasteiger partial charge in [-0.25, -0.2) is 5.84 Å². The highest BCUT2D eigenvalue weighted by Gasteiger charge is 2.48. The standard InChI is InChI=1S/C13H28N6/c14-5-6-19(17)13-4-2-10-9(1-3-12(13)16)11(10)7-18-8-15/h9-11,18H,1-8,14-17H2/b13-12-. The molecule has 9 N–H and O–H groups in total. The fraction of sp³-hybridized carbons (Fsp3) is 0.846. The van der Waals surface area contributed by atoms with Crippen molar-refractivity contribution in [2.75, 3.05) is 26.3 Å². The van der Waals surface area contributed by atoms with E-state index in [9.17, 15) is 0 Å². The molecule has 6 nitrogen and oxygen atoms in total. The third kappa shape index (κ3) is 3.39. The van der Waals surface area contributed by atoms with Crippen LogP contribution in [0.1, 0.15) is 25.7 Å². The summed E-state index contributed by atoms with van der Waals surface area (Å²) in [5.41, 5.74) is 19.3. The number of nitrogens with two attached hydrogens (primary N) is 4. The molecule has 0 radical (unpaired) electrons. The third-order valence-electron chi connectivity index (χ3n) is 4.58. The van der Waals surface area contributed by atoms with E-state index < -0.39 is 0 Å². The molecular weight excluding hydrogens is 240 g/mol. The van der Waals surface area contributed by atoms with Crippen LogP contribution < -0.4 is 28.4 Å². The van der Waals surface area contributed by atoms with Crippen LogP contribution in [0.4, 0.5) is 0 Å². The highest BCUT2D eigenvalue weighted by Crippen LogP contribution is 2.53. The normalized spacial score (nSPS) is 34.4. The lowest BCUT2D eigenvalue weighted by atomic mass is 10.0. The van der Waals surface area contributed by atoms with E-state index in [1.165, 1.54) is 12.8 Å². The van der Waals surface area contributed by atoms with Crippen LogP contribution >= 0.6 is 0 Å². The molecule has 1 fully saturated rings. The van der Waals surface area contributed by atoms with Crippen LogP contribution in [0.2, 0.25) is 0 Å². The van der Waals surface area contributed by atoms with Crippen molar-refractivity contribution < 1.29 is 0 Å². The molecule has 0 spiro atoms. The molecule has 6 heteroatoms. The number of hydrazine groups is 1. The first-order valence-corrected chi connectivity index (χ1v) is 7.29. The minimum atomic E-state index is 0.558. The summed E-state index contributed by atoms with van der Waals surface area (Å²) in [6, 6.07) is 0. The van der Waals surface area contributed by atoms with Gasteiger partial charge in [-0.3, -0.25) is 0 Å². The van der Waals surface area contributed by atoms with Crippen molar-refractivity contribution in [3.8, 4) is 0 Å². The lowest BCUT2D eigenvalue weighted by Gasteiger charge is -2.25. The van der Waals surface area contributed by atoms with Gasteiger partial charge in [-0.05, 0) is 50.0 Å². The monoisotopic (exact) mass is 268 g/mol. The Balaban J connectivity index is 1.91. The molecule has 2 rings (SSSR count). The molecule has 2 aliphatic carbocycles. The van der Waals surface area contributed by atoms with Gasteiger partial charge in [0.15, 0.2) is 0 Å². The second kappa shape index (κ2) is 6.56. The Morgan fingerprint density at radius 2 is 1.84 bits per heavy atom. The van der Waals surface area contributed by atoms with E-state index in [0.717, 1.165) is 48.5 Å². The maximum absolute atomic E-state index is 6.19. The molecule has 0 bridgehead atoms. The highest BCUT2D eigenvalue weighted by atomic mass is 15.4. The van der Waals surface area contributed by atoms with Crippen molar-refractivity contribution in [2.24, 2.45) is 40.8 Å². The Hall–Kier alpha value is -0.820. The topological polar surface area (TPSA) is 119 Å². The fourth-order valence-corrected chi connectivity index (χ4v) is 3.47. The van der Waals surface area contributed by atoms with Crippen LogP contribution in [0, 0.1) is 17.8 Å². The lowest BCUT2D eigenvalue weighted by Crippen LogP contribution is -2.36. The van der Waals surface area contributed by atoms with Crippen LogP contribution in [0.15, 0.2) is 11.4 Å². The zero-order valence-corrected chi connectivity index (χ0v) is 11.6. The summed E-state index contributed by atoms with van der Waals surface area (Å²) in [7, 11) is 0. The zero-order valence-electron chi connectivity index (χ0n) is 11.6. The van der Waals surface area contributed by atoms with Crippen molar-refractivity contribution in [3.05, 3.63) is 11.4 Å². The van der Waals surface area contributed by atoms with Gasteiger partial charge in [0.05, 0.1) is 0 Å². The maximum Gasteiger partial charge on any atom is 0.0478 e. The molecule has 0 amide bonds. The van der Waals surface area contributed by atoms with E-state index in [1.807, 2.05) is 0 Å². The summed E-state index contributed by atoms with van der Waals surface area (Å²) in [6.07, 6.45) is 4.28. The number of allylic oxidation sites excluding steroid dienone is 2. The fourth-order valence-electron chi connectivity index (χ4n) is 3.47. The number of fused-ring (bicyclic) bond motifs is 1. The summed E-state index contributed by atoms with van der Waals surface area (Å²) in [5.74, 6) is 8.44. The van der Waals surface area contributed by atoms with Crippen LogP contribution in [0.3, 0.4) is 0 Å². The zero-order chi connectivity index (χ0) is 13.8. The van der Waals surface area contributed by atoms with Gasteiger partial charge in [-0.2, -0.15) is 0 Å². The van der Waals surface area contributed by atoms with Gasteiger partial charge in [-0.15, -0.1) is 0 Å². The Kier molecular flexibility index (Phi) is 5.04. The molecule has 0 aromatic carbocycles. The summed E-state index contributed by atoms with van der Waals surface area (Å²) < 4.78 is 0. The van der Waals surface area contributed by atoms with E-state index >= 15 is 0 Å². The van der Waals surface area contributed by atoms with Crippen LogP contribution in [0.25, 0.3) is 0 Å². The van der Waals surface area contributed by atoms with Gasteiger partial charge in [-0.1, -0.05) is 0 Å². The quantitative estimate of drug-likeness (QED) is 0.245. The summed E-state index contributed by atoms with van der Waals surface area (Å²) in [6.45, 7) is 2.83. The number of nitrogens with one attached hydrogen (secondary N) is 1. The predicted octanol–water partition coefficient (Wildman–Crippen LogP) is -0.767. The van der Waals surface area contributed by atoms with Gasteiger partial charge < -0.3 is 27.5 Å². The third-order valence-corrected chi connectivity index (χ3v) is 4.58. The maximum atomic E-state index is 6.19. The van der Waals surface area contributed by atoms with Crippen molar-refractivity contribution >= 4 is 0 Å². The second-order valence-electron chi connectivity index (χ2n) is 5.68. The molecule has 0 aromatic rings. The largest absolute Gasteiger partial charge is 0.401 e. The average Bonchev–Trinajstić information content (AvgIpc) is 3.03. The molecule has 3 atom stereocenters. The number of rotatable bonds is 6. The summed E-state index contributed by atoms with van der Waals surface area (Å²) >= 11 is 0. The lowest BCUT2D eigenvalue weighted by molar-refractivity contribution is 0.337. The summed E-state index contributed by atoms with van der Waals surface area (Å²) in [4.78, 5) is 0. The predicted molar refractivity (Wildman–Crippen MR) is 77.2 cm³/mol. The van der Waals surface area contributed by atoms with Crippen molar-refractivity contribution in [2.45, 2.75) is 25.7 Å². The highest BCUT2D eigenvalue weighted by molar-refractivity contribution is 5.14. The molecular formula is C13H28N6. The van der Waals surface area contributed by atoms with E-state index in [4.69, 9.17) is 23.0 Å². The minimum Gasteiger partial charge on any atom is -0.401 e. The minimum absolute atomic E-state index is 0.558. The SMILES string of the molecule is NCCN(N)/C1=C(\N)CCC2C(CC1)C2CNCN. The Labute approximate surface area is 115 Å². The first kappa shape index (κ1) is 14.6. The number of nitrogens with zero attached hydrogens (tertiary/aromatic N) is 1. The Morgan fingerprint density at radius 3 is 2.47 bits per heavy atom. The molecule has 1 saturated carbocycles. The van der Waals surface area contributed by atoms with Crippen molar-refractivity contribution in [1.29, 1.82) is 0 Å². The molecule has 0 aliphatic heterocycles. The van der Waals surface area contributed by atoms with Gasteiger partial charge in [0.2, 0.25) is 0 Å². The second-order valence-corrected chi connectivity index (χ2v) is 5.68. The van der Waals surface area contributed by atoms with Crippen molar-refractivity contribution in [1.82, 2.24) is 10.3 Å². The average molecular weight is 268 g/mol. The smallest absolute Gasteiger partial charge is 0.0478 e. The van der Waals surface area contributed by atoms with Crippen molar-refractivity contribution in [3.63, 3.8) is 0 Å². The molecule has 0 aromatic heterocycles. The summed E-state index contributed by atoms with van der Waals surface area (Å²) in [5, 5.41) is 5.00. The Morgan fingerprint density at radius 1 is 1.16 bits per heavy atom. The van der Waals surface area contributed by atoms with E-state index in [2.05, 4.69) is 5.32 Å². The van der Waals surface area contributed by atoms with E-state index in [0.29, 0.717) is 19.8 Å². The first-order chi connectivity index (χ1) is 9.19. The van der Waals surface area contributed by atoms with E-state index in [1.54, 1.807) is 5.01 Å². The van der Waals surface area contributed by atoms with Gasteiger partial charge >= 0.3 is 0 Å².